The van der Waals surface area contributed by atoms with E-state index >= 15 is 0 Å². The SMILES string of the molecule is Cc1cc(NC(=O)c2ccco2)n(-c2nc(-c3ccccc3)cs2)n1. The zero-order valence-electron chi connectivity index (χ0n) is 13.3. The Hall–Kier alpha value is -3.19. The second-order valence-electron chi connectivity index (χ2n) is 5.40. The number of carbonyl (C=O) groups is 1. The van der Waals surface area contributed by atoms with Crippen LogP contribution in [0.3, 0.4) is 0 Å². The normalized spacial score (nSPS) is 10.8. The molecule has 0 bridgehead atoms. The topological polar surface area (TPSA) is 73.0 Å². The third-order valence-corrected chi connectivity index (χ3v) is 4.38. The van der Waals surface area contributed by atoms with Crippen molar-refractivity contribution in [3.63, 3.8) is 0 Å². The van der Waals surface area contributed by atoms with Gasteiger partial charge in [-0.2, -0.15) is 9.78 Å². The average molecular weight is 350 g/mol. The first kappa shape index (κ1) is 15.3. The molecule has 7 heteroatoms. The first-order valence-electron chi connectivity index (χ1n) is 7.63. The molecule has 3 heterocycles. The largest absolute Gasteiger partial charge is 0.459 e. The van der Waals surface area contributed by atoms with Crippen molar-refractivity contribution in [3.05, 3.63) is 71.6 Å². The summed E-state index contributed by atoms with van der Waals surface area (Å²) in [6, 6.07) is 15.0. The molecular formula is C18H14N4O2S. The quantitative estimate of drug-likeness (QED) is 0.600. The molecule has 0 atom stereocenters. The van der Waals surface area contributed by atoms with Crippen LogP contribution in [0.25, 0.3) is 16.4 Å². The van der Waals surface area contributed by atoms with Crippen molar-refractivity contribution >= 4 is 23.1 Å². The van der Waals surface area contributed by atoms with E-state index in [2.05, 4.69) is 15.4 Å². The Morgan fingerprint density at radius 2 is 2.04 bits per heavy atom. The molecule has 4 rings (SSSR count). The molecule has 3 aromatic heterocycles. The zero-order valence-corrected chi connectivity index (χ0v) is 14.2. The Morgan fingerprint density at radius 1 is 1.20 bits per heavy atom. The molecule has 0 saturated carbocycles. The number of rotatable bonds is 4. The van der Waals surface area contributed by atoms with Crippen LogP contribution in [-0.4, -0.2) is 20.7 Å². The fourth-order valence-corrected chi connectivity index (χ4v) is 3.22. The number of hydrogen-bond donors (Lipinski definition) is 1. The average Bonchev–Trinajstić information content (AvgIpc) is 3.36. The summed E-state index contributed by atoms with van der Waals surface area (Å²) in [5.74, 6) is 0.466. The highest BCUT2D eigenvalue weighted by Crippen LogP contribution is 2.26. The van der Waals surface area contributed by atoms with E-state index in [4.69, 9.17) is 4.42 Å². The summed E-state index contributed by atoms with van der Waals surface area (Å²) in [4.78, 5) is 16.9. The molecule has 4 aromatic rings. The minimum Gasteiger partial charge on any atom is -0.459 e. The molecule has 1 amide bonds. The van der Waals surface area contributed by atoms with Crippen molar-refractivity contribution < 1.29 is 9.21 Å². The van der Waals surface area contributed by atoms with Gasteiger partial charge in [-0.05, 0) is 19.1 Å². The highest BCUT2D eigenvalue weighted by Gasteiger charge is 2.16. The Balaban J connectivity index is 1.65. The number of thiazole rings is 1. The van der Waals surface area contributed by atoms with E-state index in [-0.39, 0.29) is 11.7 Å². The van der Waals surface area contributed by atoms with Gasteiger partial charge in [0, 0.05) is 17.0 Å². The molecule has 25 heavy (non-hydrogen) atoms. The third kappa shape index (κ3) is 3.09. The number of anilines is 1. The lowest BCUT2D eigenvalue weighted by molar-refractivity contribution is 0.0996. The maximum atomic E-state index is 12.2. The maximum absolute atomic E-state index is 12.2. The molecule has 0 aliphatic heterocycles. The summed E-state index contributed by atoms with van der Waals surface area (Å²) in [5.41, 5.74) is 2.69. The van der Waals surface area contributed by atoms with Gasteiger partial charge < -0.3 is 9.73 Å². The molecule has 0 unspecified atom stereocenters. The van der Waals surface area contributed by atoms with Gasteiger partial charge in [-0.25, -0.2) is 4.98 Å². The maximum Gasteiger partial charge on any atom is 0.292 e. The minimum atomic E-state index is -0.328. The molecule has 6 nitrogen and oxygen atoms in total. The van der Waals surface area contributed by atoms with Crippen molar-refractivity contribution in [2.75, 3.05) is 5.32 Å². The first-order valence-corrected chi connectivity index (χ1v) is 8.51. The van der Waals surface area contributed by atoms with Gasteiger partial charge in [0.1, 0.15) is 5.82 Å². The Labute approximate surface area is 147 Å². The van der Waals surface area contributed by atoms with Crippen molar-refractivity contribution in [2.45, 2.75) is 6.92 Å². The standard InChI is InChI=1S/C18H14N4O2S/c1-12-10-16(20-17(23)15-8-5-9-24-15)22(21-12)18-19-14(11-25-18)13-6-3-2-4-7-13/h2-11H,1H3,(H,20,23). The lowest BCUT2D eigenvalue weighted by atomic mass is 10.2. The van der Waals surface area contributed by atoms with Crippen LogP contribution in [0, 0.1) is 6.92 Å². The number of aromatic nitrogens is 3. The zero-order chi connectivity index (χ0) is 17.2. The number of nitrogens with one attached hydrogen (secondary N) is 1. The molecule has 0 fully saturated rings. The predicted molar refractivity (Wildman–Crippen MR) is 96.1 cm³/mol. The molecule has 0 radical (unpaired) electrons. The van der Waals surface area contributed by atoms with E-state index in [9.17, 15) is 4.79 Å². The summed E-state index contributed by atoms with van der Waals surface area (Å²) >= 11 is 1.46. The molecule has 0 aliphatic rings. The minimum absolute atomic E-state index is 0.245. The molecule has 1 aromatic carbocycles. The number of aryl methyl sites for hydroxylation is 1. The van der Waals surface area contributed by atoms with E-state index in [0.717, 1.165) is 17.0 Å². The molecule has 0 aliphatic carbocycles. The number of furan rings is 1. The lowest BCUT2D eigenvalue weighted by Gasteiger charge is -2.04. The van der Waals surface area contributed by atoms with Gasteiger partial charge >= 0.3 is 0 Å². The Morgan fingerprint density at radius 3 is 2.80 bits per heavy atom. The molecule has 124 valence electrons. The van der Waals surface area contributed by atoms with Gasteiger partial charge in [-0.15, -0.1) is 11.3 Å². The molecule has 1 N–H and O–H groups in total. The number of benzene rings is 1. The van der Waals surface area contributed by atoms with Crippen LogP contribution in [0.1, 0.15) is 16.2 Å². The Bertz CT molecular complexity index is 1000. The summed E-state index contributed by atoms with van der Waals surface area (Å²) in [6.45, 7) is 1.87. The summed E-state index contributed by atoms with van der Waals surface area (Å²) in [6.07, 6.45) is 1.46. The van der Waals surface area contributed by atoms with Gasteiger partial charge in [0.2, 0.25) is 5.13 Å². The van der Waals surface area contributed by atoms with E-state index < -0.39 is 0 Å². The van der Waals surface area contributed by atoms with Crippen LogP contribution < -0.4 is 5.32 Å². The number of carbonyl (C=O) groups excluding carboxylic acids is 1. The van der Waals surface area contributed by atoms with E-state index in [0.29, 0.717) is 10.9 Å². The fraction of sp³-hybridized carbons (Fsp3) is 0.0556. The van der Waals surface area contributed by atoms with Crippen LogP contribution in [0.2, 0.25) is 0 Å². The van der Waals surface area contributed by atoms with Crippen molar-refractivity contribution in [3.8, 4) is 16.4 Å². The highest BCUT2D eigenvalue weighted by molar-refractivity contribution is 7.12. The number of nitrogens with zero attached hydrogens (tertiary/aromatic N) is 3. The fourth-order valence-electron chi connectivity index (χ4n) is 2.42. The van der Waals surface area contributed by atoms with Crippen LogP contribution >= 0.6 is 11.3 Å². The number of amides is 1. The van der Waals surface area contributed by atoms with Gasteiger partial charge in [0.15, 0.2) is 5.76 Å². The lowest BCUT2D eigenvalue weighted by Crippen LogP contribution is -2.14. The first-order chi connectivity index (χ1) is 12.2. The molecule has 0 saturated heterocycles. The van der Waals surface area contributed by atoms with Crippen molar-refractivity contribution in [1.29, 1.82) is 0 Å². The van der Waals surface area contributed by atoms with Crippen LogP contribution in [0.5, 0.6) is 0 Å². The summed E-state index contributed by atoms with van der Waals surface area (Å²) in [7, 11) is 0. The number of hydrogen-bond acceptors (Lipinski definition) is 5. The monoisotopic (exact) mass is 350 g/mol. The van der Waals surface area contributed by atoms with Crippen LogP contribution in [0.4, 0.5) is 5.82 Å². The summed E-state index contributed by atoms with van der Waals surface area (Å²) < 4.78 is 6.76. The van der Waals surface area contributed by atoms with Crippen LogP contribution in [0.15, 0.2) is 64.6 Å². The van der Waals surface area contributed by atoms with Gasteiger partial charge in [-0.3, -0.25) is 4.79 Å². The van der Waals surface area contributed by atoms with Gasteiger partial charge in [-0.1, -0.05) is 30.3 Å². The highest BCUT2D eigenvalue weighted by atomic mass is 32.1. The third-order valence-electron chi connectivity index (χ3n) is 3.56. The second kappa shape index (κ2) is 6.37. The van der Waals surface area contributed by atoms with Gasteiger partial charge in [0.25, 0.3) is 5.91 Å². The van der Waals surface area contributed by atoms with Crippen LogP contribution in [-0.2, 0) is 0 Å². The summed E-state index contributed by atoms with van der Waals surface area (Å²) in [5, 5.41) is 9.91. The second-order valence-corrected chi connectivity index (χ2v) is 6.23. The van der Waals surface area contributed by atoms with Crippen molar-refractivity contribution in [1.82, 2.24) is 14.8 Å². The van der Waals surface area contributed by atoms with Gasteiger partial charge in [0.05, 0.1) is 17.7 Å². The Kier molecular flexibility index (Phi) is 3.91. The molecule has 0 spiro atoms. The van der Waals surface area contributed by atoms with E-state index in [1.54, 1.807) is 22.9 Å². The predicted octanol–water partition coefficient (Wildman–Crippen LogP) is 4.15. The van der Waals surface area contributed by atoms with E-state index in [1.165, 1.54) is 17.6 Å². The van der Waals surface area contributed by atoms with Crippen molar-refractivity contribution in [2.24, 2.45) is 0 Å². The smallest absolute Gasteiger partial charge is 0.292 e. The molecular weight excluding hydrogens is 336 g/mol. The van der Waals surface area contributed by atoms with E-state index in [1.807, 2.05) is 42.6 Å².